The third-order valence-electron chi connectivity index (χ3n) is 2.88. The normalized spacial score (nSPS) is 10.1. The van der Waals surface area contributed by atoms with Gasteiger partial charge in [-0.3, -0.25) is 4.79 Å². The summed E-state index contributed by atoms with van der Waals surface area (Å²) in [5.41, 5.74) is 2.06. The van der Waals surface area contributed by atoms with E-state index in [0.717, 1.165) is 11.3 Å². The Morgan fingerprint density at radius 3 is 2.40 bits per heavy atom. The zero-order chi connectivity index (χ0) is 14.2. The summed E-state index contributed by atoms with van der Waals surface area (Å²) in [6.45, 7) is 0.844. The molecule has 0 unspecified atom stereocenters. The van der Waals surface area contributed by atoms with Gasteiger partial charge in [0.15, 0.2) is 0 Å². The van der Waals surface area contributed by atoms with Crippen LogP contribution in [0.2, 0.25) is 0 Å². The number of rotatable bonds is 6. The van der Waals surface area contributed by atoms with Gasteiger partial charge in [0.05, 0.1) is 6.54 Å². The van der Waals surface area contributed by atoms with Crippen molar-refractivity contribution in [2.45, 2.75) is 11.4 Å². The van der Waals surface area contributed by atoms with E-state index in [-0.39, 0.29) is 12.5 Å². The molecule has 0 heterocycles. The highest BCUT2D eigenvalue weighted by Gasteiger charge is 2.01. The molecule has 2 N–H and O–H groups in total. The molecule has 0 atom stereocenters. The van der Waals surface area contributed by atoms with Crippen LogP contribution in [0.3, 0.4) is 0 Å². The van der Waals surface area contributed by atoms with Crippen molar-refractivity contribution in [3.8, 4) is 0 Å². The molecule has 20 heavy (non-hydrogen) atoms. The van der Waals surface area contributed by atoms with Crippen molar-refractivity contribution in [3.05, 3.63) is 60.2 Å². The van der Waals surface area contributed by atoms with Crippen molar-refractivity contribution in [2.24, 2.45) is 0 Å². The van der Waals surface area contributed by atoms with Gasteiger partial charge in [-0.05, 0) is 36.1 Å². The van der Waals surface area contributed by atoms with E-state index in [1.165, 1.54) is 4.90 Å². The first-order chi connectivity index (χ1) is 9.78. The second-order valence-electron chi connectivity index (χ2n) is 4.34. The Labute approximate surface area is 123 Å². The molecule has 3 nitrogen and oxygen atoms in total. The molecule has 0 aliphatic rings. The lowest BCUT2D eigenvalue weighted by molar-refractivity contribution is -0.119. The fourth-order valence-corrected chi connectivity index (χ4v) is 2.15. The van der Waals surface area contributed by atoms with E-state index in [1.54, 1.807) is 11.8 Å². The van der Waals surface area contributed by atoms with Crippen LogP contribution in [0.15, 0.2) is 59.5 Å². The number of carbonyl (C=O) groups is 1. The van der Waals surface area contributed by atoms with E-state index in [2.05, 4.69) is 22.8 Å². The van der Waals surface area contributed by atoms with Gasteiger partial charge in [-0.25, -0.2) is 0 Å². The van der Waals surface area contributed by atoms with Crippen LogP contribution < -0.4 is 10.6 Å². The van der Waals surface area contributed by atoms with Gasteiger partial charge < -0.3 is 10.6 Å². The maximum atomic E-state index is 11.7. The first-order valence-corrected chi connectivity index (χ1v) is 7.69. The lowest BCUT2D eigenvalue weighted by Crippen LogP contribution is -2.29. The van der Waals surface area contributed by atoms with Gasteiger partial charge in [0.25, 0.3) is 0 Å². The predicted octanol–water partition coefficient (Wildman–Crippen LogP) is 3.14. The Balaban J connectivity index is 1.74. The number of para-hydroxylation sites is 1. The number of amides is 1. The van der Waals surface area contributed by atoms with Crippen LogP contribution in [-0.2, 0) is 11.3 Å². The van der Waals surface area contributed by atoms with Crippen molar-refractivity contribution in [2.75, 3.05) is 18.1 Å². The molecule has 2 aromatic carbocycles. The molecule has 0 aromatic heterocycles. The van der Waals surface area contributed by atoms with Crippen LogP contribution in [0.1, 0.15) is 5.56 Å². The van der Waals surface area contributed by atoms with Gasteiger partial charge in [-0.1, -0.05) is 30.3 Å². The maximum Gasteiger partial charge on any atom is 0.239 e. The molecule has 0 bridgehead atoms. The van der Waals surface area contributed by atoms with Gasteiger partial charge in [0.1, 0.15) is 0 Å². The van der Waals surface area contributed by atoms with Crippen molar-refractivity contribution >= 4 is 23.4 Å². The highest BCUT2D eigenvalue weighted by Crippen LogP contribution is 2.14. The third-order valence-corrected chi connectivity index (χ3v) is 3.62. The zero-order valence-corrected chi connectivity index (χ0v) is 12.2. The van der Waals surface area contributed by atoms with Gasteiger partial charge in [0.2, 0.25) is 5.91 Å². The van der Waals surface area contributed by atoms with Gasteiger partial charge in [0, 0.05) is 17.1 Å². The summed E-state index contributed by atoms with van der Waals surface area (Å²) in [4.78, 5) is 13.0. The van der Waals surface area contributed by atoms with Crippen molar-refractivity contribution < 1.29 is 4.79 Å². The van der Waals surface area contributed by atoms with Crippen LogP contribution in [0.4, 0.5) is 5.69 Å². The molecule has 0 aliphatic carbocycles. The average Bonchev–Trinajstić information content (AvgIpc) is 2.52. The number of carbonyl (C=O) groups excluding carboxylic acids is 1. The Hall–Kier alpha value is -1.94. The maximum absolute atomic E-state index is 11.7. The topological polar surface area (TPSA) is 41.1 Å². The fraction of sp³-hybridized carbons (Fsp3) is 0.188. The lowest BCUT2D eigenvalue weighted by atomic mass is 10.2. The highest BCUT2D eigenvalue weighted by atomic mass is 32.2. The molecular weight excluding hydrogens is 268 g/mol. The quantitative estimate of drug-likeness (QED) is 0.802. The van der Waals surface area contributed by atoms with Crippen molar-refractivity contribution in [1.29, 1.82) is 0 Å². The molecule has 0 spiro atoms. The summed E-state index contributed by atoms with van der Waals surface area (Å²) in [6.07, 6.45) is 2.05. The largest absolute Gasteiger partial charge is 0.376 e. The average molecular weight is 286 g/mol. The number of nitrogens with one attached hydrogen (secondary N) is 2. The SMILES string of the molecule is CSc1ccc(CNC(=O)CNc2ccccc2)cc1. The number of anilines is 1. The van der Waals surface area contributed by atoms with Gasteiger partial charge in [-0.15, -0.1) is 11.8 Å². The molecule has 2 aromatic rings. The summed E-state index contributed by atoms with van der Waals surface area (Å²) < 4.78 is 0. The summed E-state index contributed by atoms with van der Waals surface area (Å²) in [5.74, 6) is -0.0113. The van der Waals surface area contributed by atoms with Gasteiger partial charge in [-0.2, -0.15) is 0 Å². The molecular formula is C16H18N2OS. The van der Waals surface area contributed by atoms with Gasteiger partial charge >= 0.3 is 0 Å². The summed E-state index contributed by atoms with van der Waals surface area (Å²) >= 11 is 1.71. The number of thioether (sulfide) groups is 1. The Kier molecular flexibility index (Phi) is 5.50. The van der Waals surface area contributed by atoms with Crippen molar-refractivity contribution in [1.82, 2.24) is 5.32 Å². The van der Waals surface area contributed by atoms with E-state index in [0.29, 0.717) is 6.54 Å². The number of hydrogen-bond acceptors (Lipinski definition) is 3. The highest BCUT2D eigenvalue weighted by molar-refractivity contribution is 7.98. The molecule has 2 rings (SSSR count). The smallest absolute Gasteiger partial charge is 0.239 e. The molecule has 0 fully saturated rings. The standard InChI is InChI=1S/C16H18N2OS/c1-20-15-9-7-13(8-10-15)11-18-16(19)12-17-14-5-3-2-4-6-14/h2-10,17H,11-12H2,1H3,(H,18,19). The summed E-state index contributed by atoms with van der Waals surface area (Å²) in [7, 11) is 0. The van der Waals surface area contributed by atoms with Crippen LogP contribution in [0.5, 0.6) is 0 Å². The van der Waals surface area contributed by atoms with E-state index in [1.807, 2.05) is 48.7 Å². The molecule has 104 valence electrons. The summed E-state index contributed by atoms with van der Waals surface area (Å²) in [5, 5.41) is 5.98. The zero-order valence-electron chi connectivity index (χ0n) is 11.4. The van der Waals surface area contributed by atoms with Crippen molar-refractivity contribution in [3.63, 3.8) is 0 Å². The number of benzene rings is 2. The van der Waals surface area contributed by atoms with E-state index < -0.39 is 0 Å². The minimum Gasteiger partial charge on any atom is -0.376 e. The second-order valence-corrected chi connectivity index (χ2v) is 5.22. The second kappa shape index (κ2) is 7.60. The van der Waals surface area contributed by atoms with Crippen LogP contribution >= 0.6 is 11.8 Å². The lowest BCUT2D eigenvalue weighted by Gasteiger charge is -2.08. The number of hydrogen-bond donors (Lipinski definition) is 2. The van der Waals surface area contributed by atoms with E-state index in [4.69, 9.17) is 0 Å². The minimum absolute atomic E-state index is 0.0113. The van der Waals surface area contributed by atoms with E-state index >= 15 is 0 Å². The predicted molar refractivity (Wildman–Crippen MR) is 85.0 cm³/mol. The third kappa shape index (κ3) is 4.63. The minimum atomic E-state index is -0.0113. The van der Waals surface area contributed by atoms with Crippen LogP contribution in [0, 0.1) is 0 Å². The Bertz CT molecular complexity index is 540. The van der Waals surface area contributed by atoms with Crippen LogP contribution in [0.25, 0.3) is 0 Å². The molecule has 1 amide bonds. The molecule has 4 heteroatoms. The Morgan fingerprint density at radius 2 is 1.75 bits per heavy atom. The first-order valence-electron chi connectivity index (χ1n) is 6.46. The molecule has 0 radical (unpaired) electrons. The Morgan fingerprint density at radius 1 is 1.05 bits per heavy atom. The first kappa shape index (κ1) is 14.5. The van der Waals surface area contributed by atoms with E-state index in [9.17, 15) is 4.79 Å². The van der Waals surface area contributed by atoms with Crippen LogP contribution in [-0.4, -0.2) is 18.7 Å². The fourth-order valence-electron chi connectivity index (χ4n) is 1.74. The monoisotopic (exact) mass is 286 g/mol. The molecule has 0 aliphatic heterocycles. The molecule has 0 saturated heterocycles. The summed E-state index contributed by atoms with van der Waals surface area (Å²) in [6, 6.07) is 17.9. The molecule has 0 saturated carbocycles.